The predicted octanol–water partition coefficient (Wildman–Crippen LogP) is 3.20. The molecule has 0 aliphatic rings. The summed E-state index contributed by atoms with van der Waals surface area (Å²) < 4.78 is 0. The van der Waals surface area contributed by atoms with Crippen LogP contribution in [0.5, 0.6) is 0 Å². The van der Waals surface area contributed by atoms with Gasteiger partial charge in [0.05, 0.1) is 5.56 Å². The molecule has 0 saturated carbocycles. The number of nitrogens with two attached hydrogens (primary N) is 1. The average Bonchev–Trinajstić information content (AvgIpc) is 2.54. The van der Waals surface area contributed by atoms with Crippen molar-refractivity contribution in [1.29, 1.82) is 10.7 Å². The average molecular weight is 289 g/mol. The van der Waals surface area contributed by atoms with Crippen molar-refractivity contribution in [3.05, 3.63) is 60.3 Å². The highest BCUT2D eigenvalue weighted by Gasteiger charge is 2.06. The van der Waals surface area contributed by atoms with Crippen LogP contribution in [0.1, 0.15) is 12.5 Å². The van der Waals surface area contributed by atoms with Crippen molar-refractivity contribution in [2.75, 3.05) is 0 Å². The Morgan fingerprint density at radius 1 is 1.27 bits per heavy atom. The van der Waals surface area contributed by atoms with Crippen LogP contribution in [0.25, 0.3) is 11.1 Å². The second-order valence-corrected chi connectivity index (χ2v) is 4.63. The molecule has 0 bridgehead atoms. The van der Waals surface area contributed by atoms with Crippen LogP contribution in [0, 0.1) is 16.7 Å². The van der Waals surface area contributed by atoms with E-state index in [0.29, 0.717) is 11.3 Å². The molecule has 0 atom stereocenters. The lowest BCUT2D eigenvalue weighted by Gasteiger charge is -2.03. The van der Waals surface area contributed by atoms with Crippen LogP contribution in [-0.2, 0) is 0 Å². The molecule has 2 rings (SSSR count). The van der Waals surface area contributed by atoms with E-state index in [-0.39, 0.29) is 11.7 Å². The van der Waals surface area contributed by atoms with Crippen molar-refractivity contribution in [2.45, 2.75) is 6.92 Å². The van der Waals surface area contributed by atoms with Gasteiger partial charge in [0.2, 0.25) is 0 Å². The third kappa shape index (κ3) is 3.87. The third-order valence-electron chi connectivity index (χ3n) is 2.83. The van der Waals surface area contributed by atoms with Crippen LogP contribution in [-0.4, -0.2) is 16.5 Å². The number of hydrogen-bond donors (Lipinski definition) is 2. The van der Waals surface area contributed by atoms with Crippen LogP contribution < -0.4 is 5.73 Å². The lowest BCUT2D eigenvalue weighted by atomic mass is 10.1. The summed E-state index contributed by atoms with van der Waals surface area (Å²) in [6, 6.07) is 13.5. The standard InChI is InChI=1S/C17H15N5/c1-12(19)7-8-16(20)22-17-14(10-18)9-15(11-21-17)13-5-3-2-4-6-13/h2-9,11,19H,1H3,(H2,20,21,22)/b8-7-,19-12?. The van der Waals surface area contributed by atoms with Crippen molar-refractivity contribution >= 4 is 17.4 Å². The van der Waals surface area contributed by atoms with Crippen molar-refractivity contribution in [1.82, 2.24) is 4.98 Å². The first-order valence-electron chi connectivity index (χ1n) is 6.63. The smallest absolute Gasteiger partial charge is 0.172 e. The largest absolute Gasteiger partial charge is 0.384 e. The molecule has 0 aliphatic carbocycles. The Morgan fingerprint density at radius 2 is 2.00 bits per heavy atom. The number of allylic oxidation sites excluding steroid dienone is 1. The van der Waals surface area contributed by atoms with Gasteiger partial charge < -0.3 is 11.1 Å². The summed E-state index contributed by atoms with van der Waals surface area (Å²) in [6.07, 6.45) is 4.70. The van der Waals surface area contributed by atoms with Crippen molar-refractivity contribution in [3.8, 4) is 17.2 Å². The SMILES string of the molecule is CC(=N)/C=C\C(N)=N/c1ncc(-c2ccccc2)cc1C#N. The fourth-order valence-electron chi connectivity index (χ4n) is 1.79. The predicted molar refractivity (Wildman–Crippen MR) is 88.2 cm³/mol. The quantitative estimate of drug-likeness (QED) is 0.667. The maximum Gasteiger partial charge on any atom is 0.172 e. The minimum Gasteiger partial charge on any atom is -0.384 e. The molecule has 1 aromatic carbocycles. The topological polar surface area (TPSA) is 98.9 Å². The van der Waals surface area contributed by atoms with Gasteiger partial charge in [0.1, 0.15) is 11.9 Å². The molecule has 0 spiro atoms. The van der Waals surface area contributed by atoms with E-state index in [1.54, 1.807) is 19.2 Å². The van der Waals surface area contributed by atoms with Gasteiger partial charge in [-0.15, -0.1) is 0 Å². The van der Waals surface area contributed by atoms with E-state index >= 15 is 0 Å². The van der Waals surface area contributed by atoms with Gasteiger partial charge in [-0.25, -0.2) is 9.98 Å². The van der Waals surface area contributed by atoms with E-state index in [9.17, 15) is 5.26 Å². The second kappa shape index (κ2) is 6.95. The molecule has 3 N–H and O–H groups in total. The minimum atomic E-state index is 0.197. The van der Waals surface area contributed by atoms with Crippen LogP contribution in [0.3, 0.4) is 0 Å². The van der Waals surface area contributed by atoms with Gasteiger partial charge >= 0.3 is 0 Å². The monoisotopic (exact) mass is 289 g/mol. The Labute approximate surface area is 129 Å². The number of nitrogens with one attached hydrogen (secondary N) is 1. The summed E-state index contributed by atoms with van der Waals surface area (Å²) in [4.78, 5) is 8.33. The zero-order chi connectivity index (χ0) is 15.9. The summed E-state index contributed by atoms with van der Waals surface area (Å²) >= 11 is 0. The van der Waals surface area contributed by atoms with Crippen LogP contribution in [0.4, 0.5) is 5.82 Å². The Kier molecular flexibility index (Phi) is 4.78. The minimum absolute atomic E-state index is 0.197. The maximum atomic E-state index is 9.27. The van der Waals surface area contributed by atoms with E-state index in [1.165, 1.54) is 12.2 Å². The molecular weight excluding hydrogens is 274 g/mol. The first kappa shape index (κ1) is 15.1. The molecule has 0 fully saturated rings. The van der Waals surface area contributed by atoms with E-state index in [4.69, 9.17) is 11.1 Å². The van der Waals surface area contributed by atoms with E-state index in [2.05, 4.69) is 16.0 Å². The molecular formula is C17H15N5. The molecule has 108 valence electrons. The Bertz CT molecular complexity index is 782. The maximum absolute atomic E-state index is 9.27. The molecule has 0 saturated heterocycles. The number of amidine groups is 1. The van der Waals surface area contributed by atoms with Crippen LogP contribution in [0.15, 0.2) is 59.7 Å². The molecule has 0 aliphatic heterocycles. The summed E-state index contributed by atoms with van der Waals surface area (Å²) in [5, 5.41) is 16.6. The highest BCUT2D eigenvalue weighted by atomic mass is 15.0. The summed E-state index contributed by atoms with van der Waals surface area (Å²) in [5.74, 6) is 0.468. The molecule has 22 heavy (non-hydrogen) atoms. The number of pyridine rings is 1. The van der Waals surface area contributed by atoms with Gasteiger partial charge in [-0.2, -0.15) is 5.26 Å². The van der Waals surface area contributed by atoms with Gasteiger partial charge in [-0.3, -0.25) is 0 Å². The Hall–Kier alpha value is -3.26. The number of hydrogen-bond acceptors (Lipinski definition) is 4. The highest BCUT2D eigenvalue weighted by molar-refractivity contribution is 6.00. The number of nitrogens with zero attached hydrogens (tertiary/aromatic N) is 3. The van der Waals surface area contributed by atoms with Crippen LogP contribution in [0.2, 0.25) is 0 Å². The first-order chi connectivity index (χ1) is 10.6. The van der Waals surface area contributed by atoms with Crippen LogP contribution >= 0.6 is 0 Å². The Balaban J connectivity index is 2.37. The van der Waals surface area contributed by atoms with Gasteiger partial charge in [0, 0.05) is 17.5 Å². The first-order valence-corrected chi connectivity index (χ1v) is 6.63. The number of benzene rings is 1. The lowest BCUT2D eigenvalue weighted by molar-refractivity contribution is 1.25. The molecule has 1 heterocycles. The number of aliphatic imine (C=N–C) groups is 1. The molecule has 1 aromatic heterocycles. The lowest BCUT2D eigenvalue weighted by Crippen LogP contribution is -2.08. The second-order valence-electron chi connectivity index (χ2n) is 4.63. The number of rotatable bonds is 4. The molecule has 0 amide bonds. The van der Waals surface area contributed by atoms with E-state index < -0.39 is 0 Å². The number of aromatic nitrogens is 1. The third-order valence-corrected chi connectivity index (χ3v) is 2.83. The molecule has 0 radical (unpaired) electrons. The highest BCUT2D eigenvalue weighted by Crippen LogP contribution is 2.23. The molecule has 2 aromatic rings. The fourth-order valence-corrected chi connectivity index (χ4v) is 1.79. The molecule has 0 unspecified atom stereocenters. The van der Waals surface area contributed by atoms with E-state index in [0.717, 1.165) is 11.1 Å². The van der Waals surface area contributed by atoms with Gasteiger partial charge in [-0.05, 0) is 30.7 Å². The van der Waals surface area contributed by atoms with Crippen molar-refractivity contribution < 1.29 is 0 Å². The Morgan fingerprint density at radius 3 is 2.64 bits per heavy atom. The zero-order valence-corrected chi connectivity index (χ0v) is 12.1. The van der Waals surface area contributed by atoms with Gasteiger partial charge in [0.25, 0.3) is 0 Å². The van der Waals surface area contributed by atoms with Gasteiger partial charge in [0.15, 0.2) is 5.82 Å². The van der Waals surface area contributed by atoms with E-state index in [1.807, 2.05) is 30.3 Å². The number of nitriles is 1. The summed E-state index contributed by atoms with van der Waals surface area (Å²) in [6.45, 7) is 1.64. The summed E-state index contributed by atoms with van der Waals surface area (Å²) in [5.41, 5.74) is 8.29. The zero-order valence-electron chi connectivity index (χ0n) is 12.1. The summed E-state index contributed by atoms with van der Waals surface area (Å²) in [7, 11) is 0. The normalized spacial score (nSPS) is 11.4. The van der Waals surface area contributed by atoms with Crippen molar-refractivity contribution in [2.24, 2.45) is 10.7 Å². The molecule has 5 nitrogen and oxygen atoms in total. The fraction of sp³-hybridized carbons (Fsp3) is 0.0588. The molecule has 5 heteroatoms. The van der Waals surface area contributed by atoms with Gasteiger partial charge in [-0.1, -0.05) is 30.3 Å². The van der Waals surface area contributed by atoms with Crippen molar-refractivity contribution in [3.63, 3.8) is 0 Å².